The first-order valence-corrected chi connectivity index (χ1v) is 14.7. The van der Waals surface area contributed by atoms with Crippen LogP contribution in [-0.2, 0) is 6.18 Å². The van der Waals surface area contributed by atoms with Crippen molar-refractivity contribution in [1.82, 2.24) is 40.3 Å². The molecule has 1 amide bonds. The second-order valence-corrected chi connectivity index (χ2v) is 11.4. The van der Waals surface area contributed by atoms with Crippen molar-refractivity contribution in [2.45, 2.75) is 56.8 Å². The van der Waals surface area contributed by atoms with Gasteiger partial charge in [-0.05, 0) is 75.7 Å². The molecule has 0 atom stereocenters. The van der Waals surface area contributed by atoms with Gasteiger partial charge < -0.3 is 20.3 Å². The molecule has 42 heavy (non-hydrogen) atoms. The van der Waals surface area contributed by atoms with E-state index in [0.29, 0.717) is 35.8 Å². The molecule has 2 saturated heterocycles. The zero-order valence-electron chi connectivity index (χ0n) is 23.4. The van der Waals surface area contributed by atoms with E-state index in [9.17, 15) is 18.0 Å². The fourth-order valence-electron chi connectivity index (χ4n) is 6.07. The summed E-state index contributed by atoms with van der Waals surface area (Å²) in [6.45, 7) is 7.35. The molecule has 0 spiro atoms. The van der Waals surface area contributed by atoms with Gasteiger partial charge in [-0.1, -0.05) is 0 Å². The fraction of sp³-hybridized carbons (Fsp3) is 0.607. The lowest BCUT2D eigenvalue weighted by Crippen LogP contribution is -2.48. The number of anilines is 1. The number of nitrogens with zero attached hydrogens (tertiary/aromatic N) is 7. The Labute approximate surface area is 241 Å². The molecular weight excluding hydrogens is 551 g/mol. The second kappa shape index (κ2) is 12.4. The van der Waals surface area contributed by atoms with Gasteiger partial charge in [0.1, 0.15) is 11.9 Å². The maximum Gasteiger partial charge on any atom is 0.453 e. The summed E-state index contributed by atoms with van der Waals surface area (Å²) >= 11 is 0. The number of hydrogen-bond acceptors (Lipinski definition) is 9. The number of halogens is 3. The van der Waals surface area contributed by atoms with Crippen LogP contribution in [0.1, 0.15) is 54.7 Å². The van der Waals surface area contributed by atoms with Crippen molar-refractivity contribution < 1.29 is 22.7 Å². The van der Waals surface area contributed by atoms with Gasteiger partial charge in [0.15, 0.2) is 5.65 Å². The molecule has 5 heterocycles. The summed E-state index contributed by atoms with van der Waals surface area (Å²) in [5.41, 5.74) is 0.516. The summed E-state index contributed by atoms with van der Waals surface area (Å²) < 4.78 is 46.0. The Morgan fingerprint density at radius 2 is 1.74 bits per heavy atom. The van der Waals surface area contributed by atoms with Crippen LogP contribution in [0.5, 0.6) is 5.88 Å². The van der Waals surface area contributed by atoms with E-state index in [4.69, 9.17) is 4.74 Å². The van der Waals surface area contributed by atoms with E-state index >= 15 is 0 Å². The van der Waals surface area contributed by atoms with Crippen LogP contribution < -0.4 is 20.3 Å². The van der Waals surface area contributed by atoms with E-state index in [-0.39, 0.29) is 29.6 Å². The maximum absolute atomic E-state index is 13.1. The Morgan fingerprint density at radius 1 is 0.976 bits per heavy atom. The summed E-state index contributed by atoms with van der Waals surface area (Å²) in [4.78, 5) is 22.3. The zero-order chi connectivity index (χ0) is 29.1. The molecule has 3 aromatic rings. The van der Waals surface area contributed by atoms with Gasteiger partial charge in [-0.2, -0.15) is 17.7 Å². The van der Waals surface area contributed by atoms with Crippen molar-refractivity contribution in [1.29, 1.82) is 0 Å². The fourth-order valence-corrected chi connectivity index (χ4v) is 6.07. The molecule has 14 heteroatoms. The van der Waals surface area contributed by atoms with Gasteiger partial charge in [0.25, 0.3) is 11.7 Å². The van der Waals surface area contributed by atoms with Crippen molar-refractivity contribution in [2.24, 2.45) is 5.92 Å². The van der Waals surface area contributed by atoms with Gasteiger partial charge in [0.05, 0.1) is 5.56 Å². The largest absolute Gasteiger partial charge is 0.473 e. The van der Waals surface area contributed by atoms with E-state index < -0.39 is 12.0 Å². The number of piperidine rings is 1. The van der Waals surface area contributed by atoms with Crippen molar-refractivity contribution in [2.75, 3.05) is 50.7 Å². The minimum atomic E-state index is -4.67. The van der Waals surface area contributed by atoms with E-state index in [1.165, 1.54) is 31.5 Å². The van der Waals surface area contributed by atoms with Gasteiger partial charge in [0, 0.05) is 51.0 Å². The highest BCUT2D eigenvalue weighted by Crippen LogP contribution is 2.29. The molecule has 2 aliphatic heterocycles. The zero-order valence-corrected chi connectivity index (χ0v) is 23.4. The standard InChI is InChI=1S/C28H36F3N9O2/c29-28(30,31)27-36-35-24-7-8-25(37-40(24)27)42-22-4-2-21(3-5-22)34-26(41)20-1-6-23(33-17-20)39-15-13-38(14-16-39)18-19-9-11-32-12-10-19/h1,6-8,17,19,21-22,32H,2-5,9-16,18H2,(H,34,41)/t21-,22-. The molecule has 0 radical (unpaired) electrons. The number of fused-ring (bicyclic) bond motifs is 1. The van der Waals surface area contributed by atoms with Crippen LogP contribution in [0.3, 0.4) is 0 Å². The monoisotopic (exact) mass is 587 g/mol. The topological polar surface area (TPSA) is 113 Å². The van der Waals surface area contributed by atoms with Gasteiger partial charge in [0.2, 0.25) is 5.88 Å². The SMILES string of the molecule is O=C(N[C@H]1CC[C@H](Oc2ccc3nnc(C(F)(F)F)n3n2)CC1)c1ccc(N2CCN(CC3CCNCC3)CC2)nc1. The first kappa shape index (κ1) is 28.6. The van der Waals surface area contributed by atoms with Gasteiger partial charge >= 0.3 is 6.18 Å². The number of carbonyl (C=O) groups is 1. The van der Waals surface area contributed by atoms with E-state index in [0.717, 1.165) is 51.0 Å². The second-order valence-electron chi connectivity index (χ2n) is 11.4. The molecule has 0 aromatic carbocycles. The summed E-state index contributed by atoms with van der Waals surface area (Å²) in [5, 5.41) is 17.2. The van der Waals surface area contributed by atoms with E-state index in [1.54, 1.807) is 6.20 Å². The molecule has 1 saturated carbocycles. The molecule has 1 aliphatic carbocycles. The summed E-state index contributed by atoms with van der Waals surface area (Å²) in [7, 11) is 0. The van der Waals surface area contributed by atoms with E-state index in [1.807, 2.05) is 12.1 Å². The van der Waals surface area contributed by atoms with Crippen molar-refractivity contribution >= 4 is 17.4 Å². The number of piperazine rings is 1. The van der Waals surface area contributed by atoms with Crippen LogP contribution in [0.25, 0.3) is 5.65 Å². The lowest BCUT2D eigenvalue weighted by molar-refractivity contribution is -0.146. The molecule has 6 rings (SSSR count). The first-order valence-electron chi connectivity index (χ1n) is 14.7. The molecule has 2 N–H and O–H groups in total. The number of alkyl halides is 3. The molecule has 3 fully saturated rings. The molecule has 0 bridgehead atoms. The molecule has 3 aliphatic rings. The highest BCUT2D eigenvalue weighted by Gasteiger charge is 2.38. The third-order valence-electron chi connectivity index (χ3n) is 8.47. The smallest absolute Gasteiger partial charge is 0.453 e. The summed E-state index contributed by atoms with van der Waals surface area (Å²) in [6, 6.07) is 6.62. The predicted molar refractivity (Wildman–Crippen MR) is 148 cm³/mol. The molecule has 226 valence electrons. The first-order chi connectivity index (χ1) is 20.3. The lowest BCUT2D eigenvalue weighted by atomic mass is 9.92. The van der Waals surface area contributed by atoms with Crippen LogP contribution in [0.15, 0.2) is 30.5 Å². The number of carbonyl (C=O) groups excluding carboxylic acids is 1. The molecule has 3 aromatic heterocycles. The normalized spacial score (nSPS) is 22.8. The number of amides is 1. The van der Waals surface area contributed by atoms with Crippen molar-refractivity contribution in [3.8, 4) is 5.88 Å². The Kier molecular flexibility index (Phi) is 8.43. The van der Waals surface area contributed by atoms with Gasteiger partial charge in [-0.3, -0.25) is 9.69 Å². The number of nitrogens with one attached hydrogen (secondary N) is 2. The summed E-state index contributed by atoms with van der Waals surface area (Å²) in [5.74, 6) is 0.409. The average Bonchev–Trinajstić information content (AvgIpc) is 3.43. The van der Waals surface area contributed by atoms with Crippen LogP contribution in [0.4, 0.5) is 19.0 Å². The highest BCUT2D eigenvalue weighted by atomic mass is 19.4. The van der Waals surface area contributed by atoms with Crippen LogP contribution in [-0.4, -0.2) is 93.6 Å². The minimum absolute atomic E-state index is 0.00539. The van der Waals surface area contributed by atoms with Gasteiger partial charge in [-0.25, -0.2) is 4.98 Å². The van der Waals surface area contributed by atoms with Crippen LogP contribution in [0, 0.1) is 5.92 Å². The quantitative estimate of drug-likeness (QED) is 0.431. The Hall–Kier alpha value is -3.52. The number of rotatable bonds is 7. The maximum atomic E-state index is 13.1. The number of aromatic nitrogens is 5. The Balaban J connectivity index is 0.948. The average molecular weight is 588 g/mol. The molecular formula is C28H36F3N9O2. The van der Waals surface area contributed by atoms with Gasteiger partial charge in [-0.15, -0.1) is 15.3 Å². The predicted octanol–water partition coefficient (Wildman–Crippen LogP) is 2.78. The number of pyridine rings is 1. The minimum Gasteiger partial charge on any atom is -0.473 e. The van der Waals surface area contributed by atoms with Crippen LogP contribution in [0.2, 0.25) is 0 Å². The number of ether oxygens (including phenoxy) is 1. The lowest BCUT2D eigenvalue weighted by Gasteiger charge is -2.37. The summed E-state index contributed by atoms with van der Waals surface area (Å²) in [6.07, 6.45) is 1.93. The Morgan fingerprint density at radius 3 is 2.43 bits per heavy atom. The highest BCUT2D eigenvalue weighted by molar-refractivity contribution is 5.94. The van der Waals surface area contributed by atoms with Crippen LogP contribution >= 0.6 is 0 Å². The molecule has 0 unspecified atom stereocenters. The Bertz CT molecular complexity index is 1340. The third-order valence-corrected chi connectivity index (χ3v) is 8.47. The number of hydrogen-bond donors (Lipinski definition) is 2. The third kappa shape index (κ3) is 6.75. The van der Waals surface area contributed by atoms with Crippen molar-refractivity contribution in [3.05, 3.63) is 41.9 Å². The van der Waals surface area contributed by atoms with Crippen molar-refractivity contribution in [3.63, 3.8) is 0 Å². The van der Waals surface area contributed by atoms with E-state index in [2.05, 4.69) is 40.7 Å². The molecule has 11 nitrogen and oxygen atoms in total.